The van der Waals surface area contributed by atoms with Gasteiger partial charge < -0.3 is 9.72 Å². The molecule has 4 aromatic rings. The monoisotopic (exact) mass is 439 g/mol. The van der Waals surface area contributed by atoms with Crippen molar-refractivity contribution in [2.75, 3.05) is 13.4 Å². The lowest BCUT2D eigenvalue weighted by Gasteiger charge is -2.15. The first-order valence-corrected chi connectivity index (χ1v) is 12.5. The smallest absolute Gasteiger partial charge is 0.266 e. The summed E-state index contributed by atoms with van der Waals surface area (Å²) in [6.07, 6.45) is 2.00. The van der Waals surface area contributed by atoms with Crippen LogP contribution in [0.1, 0.15) is 23.5 Å². The molecule has 2 aromatic heterocycles. The van der Waals surface area contributed by atoms with E-state index < -0.39 is 9.84 Å². The average Bonchev–Trinajstić information content (AvgIpc) is 3.35. The van der Waals surface area contributed by atoms with Gasteiger partial charge in [-0.2, -0.15) is 0 Å². The molecule has 7 heteroatoms. The largest absolute Gasteiger partial charge is 0.496 e. The van der Waals surface area contributed by atoms with Crippen LogP contribution in [0.3, 0.4) is 0 Å². The van der Waals surface area contributed by atoms with Crippen molar-refractivity contribution >= 4 is 42.2 Å². The van der Waals surface area contributed by atoms with E-state index in [9.17, 15) is 13.2 Å². The van der Waals surface area contributed by atoms with Crippen LogP contribution in [0.15, 0.2) is 46.6 Å². The zero-order chi connectivity index (χ0) is 21.2. The molecule has 1 saturated carbocycles. The first-order chi connectivity index (χ1) is 14.3. The number of H-pyrrole nitrogens is 1. The van der Waals surface area contributed by atoms with Crippen molar-refractivity contribution in [2.24, 2.45) is 0 Å². The Kier molecular flexibility index (Phi) is 4.31. The highest BCUT2D eigenvalue weighted by atomic mass is 32.2. The normalized spacial score (nSPS) is 18.8. The first kappa shape index (κ1) is 19.3. The summed E-state index contributed by atoms with van der Waals surface area (Å²) < 4.78 is 30.2. The lowest BCUT2D eigenvalue weighted by Crippen LogP contribution is -2.06. The van der Waals surface area contributed by atoms with E-state index in [4.69, 9.17) is 4.74 Å². The molecule has 1 N–H and O–H groups in total. The second-order valence-electron chi connectivity index (χ2n) is 7.96. The van der Waals surface area contributed by atoms with Crippen LogP contribution in [0, 0.1) is 6.92 Å². The van der Waals surface area contributed by atoms with Crippen molar-refractivity contribution in [2.45, 2.75) is 24.5 Å². The average molecular weight is 440 g/mol. The Balaban J connectivity index is 1.73. The van der Waals surface area contributed by atoms with Crippen LogP contribution in [-0.2, 0) is 9.84 Å². The third-order valence-electron chi connectivity index (χ3n) is 6.02. The fourth-order valence-corrected chi connectivity index (χ4v) is 6.60. The van der Waals surface area contributed by atoms with Crippen LogP contribution < -0.4 is 10.3 Å². The molecule has 2 atom stereocenters. The summed E-state index contributed by atoms with van der Waals surface area (Å²) in [6.45, 7) is 2.02. The van der Waals surface area contributed by atoms with Crippen LogP contribution in [0.25, 0.3) is 32.1 Å². The van der Waals surface area contributed by atoms with Gasteiger partial charge >= 0.3 is 0 Å². The number of hydrogen-bond acceptors (Lipinski definition) is 5. The number of ether oxygens (including phenoxy) is 1. The number of fused-ring (bicyclic) bond motifs is 3. The highest BCUT2D eigenvalue weighted by molar-refractivity contribution is 7.91. The van der Waals surface area contributed by atoms with E-state index >= 15 is 0 Å². The second kappa shape index (κ2) is 6.68. The summed E-state index contributed by atoms with van der Waals surface area (Å²) in [5, 5.41) is 3.52. The molecule has 30 heavy (non-hydrogen) atoms. The molecule has 0 saturated heterocycles. The minimum atomic E-state index is -3.02. The maximum absolute atomic E-state index is 12.4. The number of nitrogens with one attached hydrogen (secondary N) is 1. The predicted octanol–water partition coefficient (Wildman–Crippen LogP) is 4.63. The van der Waals surface area contributed by atoms with E-state index in [0.29, 0.717) is 11.1 Å². The number of hydrogen-bond donors (Lipinski definition) is 1. The SMILES string of the molecule is COc1ccc2[nH]c(=O)c3sccc3c2c1-c1ccc(C2C[C@@H]2S(C)(=O)=O)c(C)c1. The summed E-state index contributed by atoms with van der Waals surface area (Å²) in [6, 6.07) is 11.9. The van der Waals surface area contributed by atoms with Crippen molar-refractivity contribution in [1.29, 1.82) is 0 Å². The van der Waals surface area contributed by atoms with Crippen LogP contribution in [-0.4, -0.2) is 32.0 Å². The highest BCUT2D eigenvalue weighted by Gasteiger charge is 2.46. The van der Waals surface area contributed by atoms with E-state index in [1.165, 1.54) is 17.6 Å². The summed E-state index contributed by atoms with van der Waals surface area (Å²) in [4.78, 5) is 15.4. The molecule has 0 radical (unpaired) electrons. The molecule has 0 aliphatic heterocycles. The maximum Gasteiger partial charge on any atom is 0.266 e. The van der Waals surface area contributed by atoms with E-state index in [2.05, 4.69) is 11.1 Å². The zero-order valence-corrected chi connectivity index (χ0v) is 18.5. The number of benzene rings is 2. The Hall–Kier alpha value is -2.64. The van der Waals surface area contributed by atoms with E-state index in [1.54, 1.807) is 7.11 Å². The second-order valence-corrected chi connectivity index (χ2v) is 11.1. The van der Waals surface area contributed by atoms with Crippen LogP contribution in [0.4, 0.5) is 0 Å². The minimum absolute atomic E-state index is 0.0726. The van der Waals surface area contributed by atoms with Gasteiger partial charge in [-0.05, 0) is 53.6 Å². The Labute approximate surface area is 178 Å². The number of methoxy groups -OCH3 is 1. The van der Waals surface area contributed by atoms with Crippen LogP contribution in [0.5, 0.6) is 5.75 Å². The highest BCUT2D eigenvalue weighted by Crippen LogP contribution is 2.48. The van der Waals surface area contributed by atoms with Crippen LogP contribution in [0.2, 0.25) is 0 Å². The lowest BCUT2D eigenvalue weighted by atomic mass is 9.93. The van der Waals surface area contributed by atoms with Crippen LogP contribution >= 0.6 is 11.3 Å². The summed E-state index contributed by atoms with van der Waals surface area (Å²) in [5.41, 5.74) is 4.74. The van der Waals surface area contributed by atoms with Gasteiger partial charge in [0.25, 0.3) is 5.56 Å². The molecule has 0 amide bonds. The molecule has 2 heterocycles. The van der Waals surface area contributed by atoms with Gasteiger partial charge in [-0.1, -0.05) is 18.2 Å². The van der Waals surface area contributed by atoms with Gasteiger partial charge in [-0.25, -0.2) is 8.42 Å². The molecule has 1 aliphatic rings. The van der Waals surface area contributed by atoms with E-state index in [-0.39, 0.29) is 16.7 Å². The Morgan fingerprint density at radius 1 is 1.17 bits per heavy atom. The quantitative estimate of drug-likeness (QED) is 0.503. The Bertz CT molecular complexity index is 1480. The molecule has 5 rings (SSSR count). The predicted molar refractivity (Wildman–Crippen MR) is 123 cm³/mol. The molecule has 154 valence electrons. The van der Waals surface area contributed by atoms with Crippen molar-refractivity contribution in [3.8, 4) is 16.9 Å². The molecule has 1 unspecified atom stereocenters. The number of pyridine rings is 1. The lowest BCUT2D eigenvalue weighted by molar-refractivity contribution is 0.417. The molecule has 0 spiro atoms. The molecule has 5 nitrogen and oxygen atoms in total. The zero-order valence-electron chi connectivity index (χ0n) is 16.9. The van der Waals surface area contributed by atoms with Gasteiger partial charge in [0.15, 0.2) is 9.84 Å². The van der Waals surface area contributed by atoms with Gasteiger partial charge in [-0.3, -0.25) is 4.79 Å². The van der Waals surface area contributed by atoms with Gasteiger partial charge in [0, 0.05) is 34.0 Å². The molecule has 0 bridgehead atoms. The third kappa shape index (κ3) is 2.96. The fourth-order valence-electron chi connectivity index (χ4n) is 4.50. The van der Waals surface area contributed by atoms with Crippen molar-refractivity contribution < 1.29 is 13.2 Å². The van der Waals surface area contributed by atoms with Gasteiger partial charge in [-0.15, -0.1) is 11.3 Å². The molecule has 1 aliphatic carbocycles. The van der Waals surface area contributed by atoms with Gasteiger partial charge in [0.1, 0.15) is 10.4 Å². The van der Waals surface area contributed by atoms with Crippen molar-refractivity contribution in [3.63, 3.8) is 0 Å². The summed E-state index contributed by atoms with van der Waals surface area (Å²) in [5.74, 6) is 0.804. The number of aromatic nitrogens is 1. The first-order valence-electron chi connectivity index (χ1n) is 9.69. The Morgan fingerprint density at radius 2 is 1.97 bits per heavy atom. The minimum Gasteiger partial charge on any atom is -0.496 e. The third-order valence-corrected chi connectivity index (χ3v) is 8.55. The number of aryl methyl sites for hydroxylation is 1. The maximum atomic E-state index is 12.4. The number of aromatic amines is 1. The molecule has 1 fully saturated rings. The Morgan fingerprint density at radius 3 is 2.63 bits per heavy atom. The standard InChI is InChI=1S/C23H21NO4S2/c1-12-10-13(4-5-14(12)16-11-19(16)30(3,26)27)20-18(28-2)7-6-17-21(20)15-8-9-29-22(15)23(25)24-17/h4-10,16,19H,11H2,1-3H3,(H,24,25)/t16?,19-/m0/s1. The topological polar surface area (TPSA) is 76.2 Å². The number of sulfone groups is 1. The fraction of sp³-hybridized carbons (Fsp3) is 0.261. The number of rotatable bonds is 4. The van der Waals surface area contributed by atoms with E-state index in [1.807, 2.05) is 42.6 Å². The van der Waals surface area contributed by atoms with Gasteiger partial charge in [0.2, 0.25) is 0 Å². The van der Waals surface area contributed by atoms with Crippen molar-refractivity contribution in [3.05, 3.63) is 63.3 Å². The summed E-state index contributed by atoms with van der Waals surface area (Å²) >= 11 is 1.42. The molecule has 2 aromatic carbocycles. The summed E-state index contributed by atoms with van der Waals surface area (Å²) in [7, 11) is -1.38. The molecular formula is C23H21NO4S2. The van der Waals surface area contributed by atoms with Gasteiger partial charge in [0.05, 0.1) is 12.4 Å². The van der Waals surface area contributed by atoms with Crippen molar-refractivity contribution in [1.82, 2.24) is 4.98 Å². The molecular weight excluding hydrogens is 418 g/mol. The number of thiophene rings is 1. The van der Waals surface area contributed by atoms with E-state index in [0.717, 1.165) is 44.3 Å².